The summed E-state index contributed by atoms with van der Waals surface area (Å²) in [6, 6.07) is 7.05. The SMILES string of the molecule is O=C(O)[C@@H]1COCCN1C(=O)[C@H]1SCCc2ccccc21. The maximum absolute atomic E-state index is 12.8. The van der Waals surface area contributed by atoms with Gasteiger partial charge < -0.3 is 14.7 Å². The monoisotopic (exact) mass is 307 g/mol. The molecule has 1 aromatic rings. The maximum atomic E-state index is 12.8. The van der Waals surface area contributed by atoms with Crippen molar-refractivity contribution in [2.45, 2.75) is 17.7 Å². The van der Waals surface area contributed by atoms with Crippen molar-refractivity contribution in [3.63, 3.8) is 0 Å². The molecule has 3 rings (SSSR count). The first-order chi connectivity index (χ1) is 10.2. The third kappa shape index (κ3) is 2.78. The fourth-order valence-corrected chi connectivity index (χ4v) is 4.08. The zero-order chi connectivity index (χ0) is 14.8. The van der Waals surface area contributed by atoms with E-state index in [0.29, 0.717) is 13.2 Å². The number of carbonyl (C=O) groups is 2. The van der Waals surface area contributed by atoms with Crippen LogP contribution >= 0.6 is 11.8 Å². The summed E-state index contributed by atoms with van der Waals surface area (Å²) >= 11 is 1.60. The lowest BCUT2D eigenvalue weighted by molar-refractivity contribution is -0.158. The van der Waals surface area contributed by atoms with Gasteiger partial charge in [-0.25, -0.2) is 4.79 Å². The van der Waals surface area contributed by atoms with Crippen molar-refractivity contribution < 1.29 is 19.4 Å². The molecule has 0 radical (unpaired) electrons. The molecule has 1 N–H and O–H groups in total. The Kier molecular flexibility index (Phi) is 4.17. The van der Waals surface area contributed by atoms with E-state index in [1.807, 2.05) is 24.3 Å². The molecule has 2 heterocycles. The predicted molar refractivity (Wildman–Crippen MR) is 79.3 cm³/mol. The predicted octanol–water partition coefficient (Wildman–Crippen LogP) is 1.33. The smallest absolute Gasteiger partial charge is 0.328 e. The number of carbonyl (C=O) groups excluding carboxylic acids is 1. The van der Waals surface area contributed by atoms with E-state index in [2.05, 4.69) is 0 Å². The molecule has 5 nitrogen and oxygen atoms in total. The van der Waals surface area contributed by atoms with Crippen molar-refractivity contribution in [2.24, 2.45) is 0 Å². The molecule has 0 bridgehead atoms. The number of aryl methyl sites for hydroxylation is 1. The molecule has 2 atom stereocenters. The lowest BCUT2D eigenvalue weighted by atomic mass is 10.0. The number of hydrogen-bond donors (Lipinski definition) is 1. The van der Waals surface area contributed by atoms with Crippen LogP contribution in [0.3, 0.4) is 0 Å². The molecule has 0 aliphatic carbocycles. The number of benzene rings is 1. The number of carboxylic acids is 1. The van der Waals surface area contributed by atoms with Gasteiger partial charge in [0.15, 0.2) is 6.04 Å². The number of morpholine rings is 1. The highest BCUT2D eigenvalue weighted by Gasteiger charge is 2.38. The molecule has 0 unspecified atom stereocenters. The van der Waals surface area contributed by atoms with Gasteiger partial charge in [0.25, 0.3) is 0 Å². The summed E-state index contributed by atoms with van der Waals surface area (Å²) in [7, 11) is 0. The van der Waals surface area contributed by atoms with Gasteiger partial charge in [-0.05, 0) is 23.3 Å². The minimum Gasteiger partial charge on any atom is -0.480 e. The van der Waals surface area contributed by atoms with Crippen LogP contribution in [0.5, 0.6) is 0 Å². The first-order valence-corrected chi connectivity index (χ1v) is 8.04. The van der Waals surface area contributed by atoms with E-state index in [9.17, 15) is 14.7 Å². The topological polar surface area (TPSA) is 66.8 Å². The summed E-state index contributed by atoms with van der Waals surface area (Å²) in [6.07, 6.45) is 0.954. The number of carboxylic acid groups (broad SMARTS) is 1. The Bertz CT molecular complexity index is 562. The third-order valence-corrected chi connectivity index (χ3v) is 5.14. The van der Waals surface area contributed by atoms with Gasteiger partial charge in [-0.15, -0.1) is 11.8 Å². The van der Waals surface area contributed by atoms with Crippen molar-refractivity contribution in [3.8, 4) is 0 Å². The molecular weight excluding hydrogens is 290 g/mol. The second-order valence-electron chi connectivity index (χ2n) is 5.16. The Labute approximate surface area is 127 Å². The molecule has 1 amide bonds. The number of amides is 1. The van der Waals surface area contributed by atoms with E-state index >= 15 is 0 Å². The van der Waals surface area contributed by atoms with Gasteiger partial charge in [0.1, 0.15) is 5.25 Å². The Hall–Kier alpha value is -1.53. The largest absolute Gasteiger partial charge is 0.480 e. The Morgan fingerprint density at radius 3 is 2.95 bits per heavy atom. The summed E-state index contributed by atoms with van der Waals surface area (Å²) in [6.45, 7) is 0.809. The summed E-state index contributed by atoms with van der Waals surface area (Å²) in [4.78, 5) is 25.6. The minimum absolute atomic E-state index is 0.0696. The van der Waals surface area contributed by atoms with Gasteiger partial charge in [0, 0.05) is 6.54 Å². The van der Waals surface area contributed by atoms with Gasteiger partial charge in [0.2, 0.25) is 5.91 Å². The van der Waals surface area contributed by atoms with Crippen molar-refractivity contribution in [1.82, 2.24) is 4.90 Å². The molecule has 0 spiro atoms. The number of rotatable bonds is 2. The molecule has 1 aromatic carbocycles. The fraction of sp³-hybridized carbons (Fsp3) is 0.467. The summed E-state index contributed by atoms with van der Waals surface area (Å²) in [5.74, 6) is -0.227. The Morgan fingerprint density at radius 2 is 2.14 bits per heavy atom. The van der Waals surface area contributed by atoms with Crippen molar-refractivity contribution in [2.75, 3.05) is 25.5 Å². The van der Waals surface area contributed by atoms with Crippen molar-refractivity contribution >= 4 is 23.6 Å². The lowest BCUT2D eigenvalue weighted by Gasteiger charge is -2.36. The van der Waals surface area contributed by atoms with Gasteiger partial charge in [0.05, 0.1) is 13.2 Å². The van der Waals surface area contributed by atoms with Crippen LogP contribution in [0.4, 0.5) is 0 Å². The molecule has 0 aromatic heterocycles. The van der Waals surface area contributed by atoms with E-state index in [1.54, 1.807) is 11.8 Å². The van der Waals surface area contributed by atoms with E-state index in [4.69, 9.17) is 4.74 Å². The highest BCUT2D eigenvalue weighted by molar-refractivity contribution is 8.00. The average molecular weight is 307 g/mol. The molecule has 0 saturated carbocycles. The zero-order valence-corrected chi connectivity index (χ0v) is 12.3. The first kappa shape index (κ1) is 14.4. The third-order valence-electron chi connectivity index (χ3n) is 3.91. The second-order valence-corrected chi connectivity index (χ2v) is 6.37. The van der Waals surface area contributed by atoms with Crippen LogP contribution < -0.4 is 0 Å². The highest BCUT2D eigenvalue weighted by Crippen LogP contribution is 2.38. The molecule has 6 heteroatoms. The summed E-state index contributed by atoms with van der Waals surface area (Å²) in [5, 5.41) is 8.97. The highest BCUT2D eigenvalue weighted by atomic mass is 32.2. The van der Waals surface area contributed by atoms with Gasteiger partial charge in [-0.2, -0.15) is 0 Å². The molecule has 21 heavy (non-hydrogen) atoms. The van der Waals surface area contributed by atoms with Crippen molar-refractivity contribution in [3.05, 3.63) is 35.4 Å². The summed E-state index contributed by atoms with van der Waals surface area (Å²) < 4.78 is 5.20. The van der Waals surface area contributed by atoms with E-state index in [0.717, 1.165) is 17.7 Å². The fourth-order valence-electron chi connectivity index (χ4n) is 2.82. The second kappa shape index (κ2) is 6.07. The van der Waals surface area contributed by atoms with Gasteiger partial charge in [-0.1, -0.05) is 24.3 Å². The Balaban J connectivity index is 1.86. The quantitative estimate of drug-likeness (QED) is 0.893. The van der Waals surface area contributed by atoms with Crippen LogP contribution in [0.15, 0.2) is 24.3 Å². The Morgan fingerprint density at radius 1 is 1.33 bits per heavy atom. The van der Waals surface area contributed by atoms with Crippen LogP contribution in [0.2, 0.25) is 0 Å². The normalized spacial score (nSPS) is 25.2. The van der Waals surface area contributed by atoms with Crippen LogP contribution in [0.1, 0.15) is 16.4 Å². The summed E-state index contributed by atoms with van der Waals surface area (Å²) in [5.41, 5.74) is 2.21. The number of ether oxygens (including phenoxy) is 1. The lowest BCUT2D eigenvalue weighted by Crippen LogP contribution is -2.53. The molecule has 2 aliphatic rings. The van der Waals surface area contributed by atoms with Crippen molar-refractivity contribution in [1.29, 1.82) is 0 Å². The van der Waals surface area contributed by atoms with Gasteiger partial charge in [-0.3, -0.25) is 4.79 Å². The van der Waals surface area contributed by atoms with E-state index in [-0.39, 0.29) is 17.8 Å². The number of hydrogen-bond acceptors (Lipinski definition) is 4. The van der Waals surface area contributed by atoms with Gasteiger partial charge >= 0.3 is 5.97 Å². The van der Waals surface area contributed by atoms with E-state index in [1.165, 1.54) is 10.5 Å². The van der Waals surface area contributed by atoms with Crippen LogP contribution in [-0.2, 0) is 20.7 Å². The number of fused-ring (bicyclic) bond motifs is 1. The average Bonchev–Trinajstić information content (AvgIpc) is 2.53. The molecule has 112 valence electrons. The van der Waals surface area contributed by atoms with Crippen LogP contribution in [-0.4, -0.2) is 53.4 Å². The molecular formula is C15H17NO4S. The number of nitrogens with zero attached hydrogens (tertiary/aromatic N) is 1. The van der Waals surface area contributed by atoms with Crippen LogP contribution in [0, 0.1) is 0 Å². The first-order valence-electron chi connectivity index (χ1n) is 6.99. The standard InChI is InChI=1S/C15H17NO4S/c17-14(16-6-7-20-9-12(16)15(18)19)13-11-4-2-1-3-10(11)5-8-21-13/h1-4,12-13H,5-9H2,(H,18,19)/t12-,13-/m0/s1. The molecule has 1 fully saturated rings. The van der Waals surface area contributed by atoms with Crippen LogP contribution in [0.25, 0.3) is 0 Å². The maximum Gasteiger partial charge on any atom is 0.328 e. The molecule has 1 saturated heterocycles. The number of thioether (sulfide) groups is 1. The number of aliphatic carboxylic acids is 1. The van der Waals surface area contributed by atoms with E-state index < -0.39 is 12.0 Å². The molecule has 2 aliphatic heterocycles. The zero-order valence-electron chi connectivity index (χ0n) is 11.5. The minimum atomic E-state index is -1.00.